The minimum atomic E-state index is -1.19. The zero-order valence-electron chi connectivity index (χ0n) is 22.5. The summed E-state index contributed by atoms with van der Waals surface area (Å²) in [5.74, 6) is -2.50. The van der Waals surface area contributed by atoms with Crippen LogP contribution in [0.3, 0.4) is 0 Å². The highest BCUT2D eigenvalue weighted by Crippen LogP contribution is 2.19. The van der Waals surface area contributed by atoms with Gasteiger partial charge in [-0.1, -0.05) is 30.3 Å². The number of aliphatic carboxylic acids is 1. The Hall–Kier alpha value is -3.68. The molecule has 4 unspecified atom stereocenters. The van der Waals surface area contributed by atoms with E-state index >= 15 is 0 Å². The van der Waals surface area contributed by atoms with Gasteiger partial charge >= 0.3 is 5.97 Å². The first-order valence-electron chi connectivity index (χ1n) is 12.9. The highest BCUT2D eigenvalue weighted by Gasteiger charge is 2.31. The van der Waals surface area contributed by atoms with Gasteiger partial charge in [0.25, 0.3) is 0 Å². The number of thioether (sulfide) groups is 1. The van der Waals surface area contributed by atoms with Crippen molar-refractivity contribution in [2.24, 2.45) is 5.73 Å². The van der Waals surface area contributed by atoms with Gasteiger partial charge in [0.1, 0.15) is 23.9 Å². The lowest BCUT2D eigenvalue weighted by Crippen LogP contribution is -2.58. The number of carboxylic acid groups (broad SMARTS) is 1. The number of thiol groups is 1. The zero-order chi connectivity index (χ0) is 29.9. The molecule has 0 aliphatic rings. The number of hydrogen-bond donors (Lipinski definition) is 8. The average molecular weight is 602 g/mol. The molecule has 2 aromatic carbocycles. The lowest BCUT2D eigenvalue weighted by atomic mass is 10.0. The number of para-hydroxylation sites is 1. The van der Waals surface area contributed by atoms with Crippen LogP contribution in [0.4, 0.5) is 0 Å². The van der Waals surface area contributed by atoms with Crippen molar-refractivity contribution in [2.75, 3.05) is 17.8 Å². The number of carbonyl (C=O) groups excluding carboxylic acids is 3. The normalized spacial score (nSPS) is 14.0. The molecule has 0 saturated carbocycles. The van der Waals surface area contributed by atoms with Crippen molar-refractivity contribution in [1.29, 1.82) is 0 Å². The number of aromatic nitrogens is 1. The number of phenolic OH excluding ortho intramolecular Hbond substituents is 1. The van der Waals surface area contributed by atoms with E-state index in [-0.39, 0.29) is 30.8 Å². The Morgan fingerprint density at radius 3 is 2.17 bits per heavy atom. The van der Waals surface area contributed by atoms with Gasteiger partial charge in [-0.3, -0.25) is 14.4 Å². The highest BCUT2D eigenvalue weighted by molar-refractivity contribution is 7.98. The number of H-pyrrole nitrogens is 1. The lowest BCUT2D eigenvalue weighted by molar-refractivity contribution is -0.142. The van der Waals surface area contributed by atoms with Crippen molar-refractivity contribution in [1.82, 2.24) is 20.9 Å². The molecule has 3 aromatic rings. The third kappa shape index (κ3) is 9.17. The van der Waals surface area contributed by atoms with Gasteiger partial charge < -0.3 is 36.9 Å². The molecule has 3 amide bonds. The second-order valence-electron chi connectivity index (χ2n) is 9.53. The number of benzene rings is 2. The van der Waals surface area contributed by atoms with Crippen LogP contribution in [0.5, 0.6) is 5.75 Å². The Morgan fingerprint density at radius 2 is 1.54 bits per heavy atom. The third-order valence-electron chi connectivity index (χ3n) is 6.50. The fourth-order valence-electron chi connectivity index (χ4n) is 4.21. The Morgan fingerprint density at radius 1 is 0.927 bits per heavy atom. The van der Waals surface area contributed by atoms with Crippen molar-refractivity contribution < 1.29 is 29.4 Å². The second kappa shape index (κ2) is 15.4. The summed E-state index contributed by atoms with van der Waals surface area (Å²) in [6.45, 7) is 0. The van der Waals surface area contributed by atoms with E-state index in [4.69, 9.17) is 5.73 Å². The summed E-state index contributed by atoms with van der Waals surface area (Å²) >= 11 is 5.52. The first-order chi connectivity index (χ1) is 19.6. The molecule has 0 radical (unpaired) electrons. The highest BCUT2D eigenvalue weighted by atomic mass is 32.2. The number of carboxylic acids is 1. The molecular weight excluding hydrogens is 566 g/mol. The van der Waals surface area contributed by atoms with Crippen molar-refractivity contribution in [3.8, 4) is 5.75 Å². The van der Waals surface area contributed by atoms with Crippen LogP contribution in [-0.4, -0.2) is 80.8 Å². The Bertz CT molecular complexity index is 1350. The molecule has 0 bridgehead atoms. The molecule has 13 heteroatoms. The maximum atomic E-state index is 13.7. The van der Waals surface area contributed by atoms with Crippen LogP contribution in [-0.2, 0) is 32.0 Å². The number of nitrogens with two attached hydrogens (primary N) is 1. The predicted octanol–water partition coefficient (Wildman–Crippen LogP) is 1.21. The summed E-state index contributed by atoms with van der Waals surface area (Å²) in [5.41, 5.74) is 8.09. The molecule has 4 atom stereocenters. The van der Waals surface area contributed by atoms with E-state index < -0.39 is 47.9 Å². The van der Waals surface area contributed by atoms with Crippen molar-refractivity contribution >= 4 is 59.0 Å². The molecule has 11 nitrogen and oxygen atoms in total. The van der Waals surface area contributed by atoms with Crippen LogP contribution >= 0.6 is 24.4 Å². The van der Waals surface area contributed by atoms with Gasteiger partial charge in [-0.2, -0.15) is 24.4 Å². The maximum Gasteiger partial charge on any atom is 0.326 e. The molecule has 0 aliphatic carbocycles. The number of hydrogen-bond acceptors (Lipinski definition) is 8. The zero-order valence-corrected chi connectivity index (χ0v) is 24.2. The smallest absolute Gasteiger partial charge is 0.326 e. The minimum Gasteiger partial charge on any atom is -0.508 e. The predicted molar refractivity (Wildman–Crippen MR) is 162 cm³/mol. The van der Waals surface area contributed by atoms with E-state index in [9.17, 15) is 29.4 Å². The maximum absolute atomic E-state index is 13.7. The van der Waals surface area contributed by atoms with Crippen LogP contribution < -0.4 is 21.7 Å². The third-order valence-corrected chi connectivity index (χ3v) is 7.54. The SMILES string of the molecule is CSCCC(NC(=O)C(Cc1ccc(O)cc1)NC(=O)C(Cc1c[nH]c2ccccc12)NC(=O)C(N)CS)C(=O)O. The number of aromatic amines is 1. The van der Waals surface area contributed by atoms with E-state index in [2.05, 4.69) is 33.6 Å². The van der Waals surface area contributed by atoms with E-state index in [1.54, 1.807) is 18.3 Å². The van der Waals surface area contributed by atoms with Gasteiger partial charge in [0, 0.05) is 35.7 Å². The van der Waals surface area contributed by atoms with Crippen LogP contribution in [0.2, 0.25) is 0 Å². The number of rotatable bonds is 15. The minimum absolute atomic E-state index is 0.0105. The van der Waals surface area contributed by atoms with E-state index in [0.717, 1.165) is 16.5 Å². The summed E-state index contributed by atoms with van der Waals surface area (Å²) in [7, 11) is 0. The van der Waals surface area contributed by atoms with E-state index in [1.807, 2.05) is 30.5 Å². The number of carbonyl (C=O) groups is 4. The monoisotopic (exact) mass is 601 g/mol. The Kier molecular flexibility index (Phi) is 11.9. The van der Waals surface area contributed by atoms with Crippen LogP contribution in [0.15, 0.2) is 54.7 Å². The topological polar surface area (TPSA) is 187 Å². The van der Waals surface area contributed by atoms with Crippen molar-refractivity contribution in [3.63, 3.8) is 0 Å². The molecule has 41 heavy (non-hydrogen) atoms. The van der Waals surface area contributed by atoms with E-state index in [1.165, 1.54) is 23.9 Å². The number of fused-ring (bicyclic) bond motifs is 1. The number of phenols is 1. The van der Waals surface area contributed by atoms with Gasteiger partial charge in [-0.05, 0) is 47.8 Å². The molecule has 3 rings (SSSR count). The summed E-state index contributed by atoms with van der Waals surface area (Å²) in [5, 5.41) is 28.0. The van der Waals surface area contributed by atoms with Gasteiger partial charge in [-0.25, -0.2) is 4.79 Å². The molecule has 0 spiro atoms. The molecule has 0 fully saturated rings. The largest absolute Gasteiger partial charge is 0.508 e. The van der Waals surface area contributed by atoms with Crippen molar-refractivity contribution in [2.45, 2.75) is 43.4 Å². The lowest BCUT2D eigenvalue weighted by Gasteiger charge is -2.25. The number of nitrogens with one attached hydrogen (secondary N) is 4. The molecule has 0 aliphatic heterocycles. The summed E-state index contributed by atoms with van der Waals surface area (Å²) in [6, 6.07) is 9.21. The fourth-order valence-corrected chi connectivity index (χ4v) is 4.84. The van der Waals surface area contributed by atoms with Gasteiger partial charge in [-0.15, -0.1) is 0 Å². The van der Waals surface area contributed by atoms with Crippen LogP contribution in [0.25, 0.3) is 10.9 Å². The quantitative estimate of drug-likeness (QED) is 0.119. The van der Waals surface area contributed by atoms with E-state index in [0.29, 0.717) is 11.3 Å². The Labute approximate surface area is 247 Å². The molecule has 8 N–H and O–H groups in total. The van der Waals surface area contributed by atoms with Gasteiger partial charge in [0.2, 0.25) is 17.7 Å². The van der Waals surface area contributed by atoms with Gasteiger partial charge in [0.15, 0.2) is 0 Å². The van der Waals surface area contributed by atoms with Crippen LogP contribution in [0.1, 0.15) is 17.5 Å². The summed E-state index contributed by atoms with van der Waals surface area (Å²) in [4.78, 5) is 54.6. The number of amides is 3. The average Bonchev–Trinajstić information content (AvgIpc) is 3.37. The first kappa shape index (κ1) is 31.8. The molecule has 220 valence electrons. The van der Waals surface area contributed by atoms with Crippen molar-refractivity contribution in [3.05, 3.63) is 65.9 Å². The molecule has 0 saturated heterocycles. The molecule has 1 heterocycles. The molecule has 1 aromatic heterocycles. The van der Waals surface area contributed by atoms with Crippen LogP contribution in [0, 0.1) is 0 Å². The summed E-state index contributed by atoms with van der Waals surface area (Å²) < 4.78 is 0. The Balaban J connectivity index is 1.88. The standard InChI is InChI=1S/C28H35N5O6S2/c1-41-11-10-22(28(38)39)31-26(36)23(12-16-6-8-18(34)9-7-16)33-27(37)24(32-25(35)20(29)15-40)13-17-14-30-21-5-3-2-4-19(17)21/h2-9,14,20,22-24,30,34,40H,10-13,15,29H2,1H3,(H,31,36)(H,32,35)(H,33,37)(H,38,39). The number of aromatic hydroxyl groups is 1. The van der Waals surface area contributed by atoms with Gasteiger partial charge in [0.05, 0.1) is 6.04 Å². The first-order valence-corrected chi connectivity index (χ1v) is 15.0. The molecular formula is C28H35N5O6S2. The fraction of sp³-hybridized carbons (Fsp3) is 0.357. The second-order valence-corrected chi connectivity index (χ2v) is 10.9. The summed E-state index contributed by atoms with van der Waals surface area (Å²) in [6.07, 6.45) is 3.88.